The third kappa shape index (κ3) is 5.61. The van der Waals surface area contributed by atoms with Crippen molar-refractivity contribution in [3.05, 3.63) is 65.2 Å². The molecule has 7 nitrogen and oxygen atoms in total. The van der Waals surface area contributed by atoms with Crippen molar-refractivity contribution < 1.29 is 9.53 Å². The van der Waals surface area contributed by atoms with Gasteiger partial charge in [0, 0.05) is 16.7 Å². The number of carbonyl (C=O) groups excluding carboxylic acids is 1. The van der Waals surface area contributed by atoms with Crippen molar-refractivity contribution in [3.8, 4) is 17.0 Å². The lowest BCUT2D eigenvalue weighted by Crippen LogP contribution is -2.37. The monoisotopic (exact) mass is 425 g/mol. The van der Waals surface area contributed by atoms with Gasteiger partial charge in [-0.25, -0.2) is 4.99 Å². The van der Waals surface area contributed by atoms with Gasteiger partial charge in [-0.1, -0.05) is 36.7 Å². The molecule has 156 valence electrons. The molecule has 1 aromatic heterocycles. The molecule has 0 spiro atoms. The highest BCUT2D eigenvalue weighted by molar-refractivity contribution is 6.30. The Hall–Kier alpha value is -3.32. The van der Waals surface area contributed by atoms with Crippen LogP contribution in [0.3, 0.4) is 0 Å². The van der Waals surface area contributed by atoms with Crippen molar-refractivity contribution in [1.82, 2.24) is 15.5 Å². The second-order valence-corrected chi connectivity index (χ2v) is 7.16. The molecule has 3 N–H and O–H groups in total. The molecule has 1 amide bonds. The van der Waals surface area contributed by atoms with Gasteiger partial charge in [0.15, 0.2) is 5.82 Å². The molecule has 0 aliphatic rings. The Morgan fingerprint density at radius 3 is 2.70 bits per heavy atom. The van der Waals surface area contributed by atoms with Gasteiger partial charge >= 0.3 is 0 Å². The van der Waals surface area contributed by atoms with Gasteiger partial charge in [0.1, 0.15) is 5.75 Å². The third-order valence-corrected chi connectivity index (χ3v) is 4.74. The molecule has 0 saturated heterocycles. The van der Waals surface area contributed by atoms with E-state index in [0.29, 0.717) is 28.1 Å². The summed E-state index contributed by atoms with van der Waals surface area (Å²) >= 11 is 5.95. The highest BCUT2D eigenvalue weighted by atomic mass is 35.5. The van der Waals surface area contributed by atoms with E-state index in [1.807, 2.05) is 44.2 Å². The van der Waals surface area contributed by atoms with E-state index in [2.05, 4.69) is 25.8 Å². The molecule has 0 aliphatic carbocycles. The fraction of sp³-hybridized carbons (Fsp3) is 0.227. The average Bonchev–Trinajstić information content (AvgIpc) is 3.22. The van der Waals surface area contributed by atoms with E-state index in [1.165, 1.54) is 0 Å². The maximum atomic E-state index is 12.7. The Morgan fingerprint density at radius 2 is 2.00 bits per heavy atom. The van der Waals surface area contributed by atoms with Gasteiger partial charge in [-0.2, -0.15) is 5.10 Å². The number of aromatic nitrogens is 2. The van der Waals surface area contributed by atoms with Crippen LogP contribution in [0, 0.1) is 0 Å². The van der Waals surface area contributed by atoms with Crippen LogP contribution in [0.4, 0.5) is 5.82 Å². The number of aromatic amines is 1. The van der Waals surface area contributed by atoms with Crippen LogP contribution in [0.1, 0.15) is 30.6 Å². The number of anilines is 1. The molecule has 1 atom stereocenters. The Bertz CT molecular complexity index is 1030. The van der Waals surface area contributed by atoms with Gasteiger partial charge in [-0.05, 0) is 49.2 Å². The number of nitrogens with one attached hydrogen (secondary N) is 3. The van der Waals surface area contributed by atoms with Gasteiger partial charge in [0.05, 0.1) is 18.8 Å². The highest BCUT2D eigenvalue weighted by Crippen LogP contribution is 2.21. The number of H-pyrrole nitrogens is 1. The highest BCUT2D eigenvalue weighted by Gasteiger charge is 2.13. The van der Waals surface area contributed by atoms with Crippen LogP contribution in [-0.2, 0) is 0 Å². The maximum Gasteiger partial charge on any atom is 0.258 e. The molecule has 1 unspecified atom stereocenters. The summed E-state index contributed by atoms with van der Waals surface area (Å²) in [7, 11) is 1.56. The van der Waals surface area contributed by atoms with E-state index >= 15 is 0 Å². The molecule has 1 heterocycles. The summed E-state index contributed by atoms with van der Waals surface area (Å²) in [5.74, 6) is 1.17. The van der Waals surface area contributed by atoms with Crippen molar-refractivity contribution in [1.29, 1.82) is 0 Å². The number of nitrogens with zero attached hydrogens (tertiary/aromatic N) is 2. The lowest BCUT2D eigenvalue weighted by Gasteiger charge is -2.12. The molecular weight excluding hydrogens is 402 g/mol. The number of benzene rings is 2. The quantitative estimate of drug-likeness (QED) is 0.393. The summed E-state index contributed by atoms with van der Waals surface area (Å²) in [6, 6.07) is 16.2. The number of carbonyl (C=O) groups is 1. The molecule has 0 fully saturated rings. The van der Waals surface area contributed by atoms with E-state index in [0.717, 1.165) is 17.7 Å². The van der Waals surface area contributed by atoms with Gasteiger partial charge < -0.3 is 10.1 Å². The number of ether oxygens (including phenoxy) is 1. The first-order valence-electron chi connectivity index (χ1n) is 9.60. The Kier molecular flexibility index (Phi) is 7.08. The molecular formula is C22H24ClN5O2. The molecule has 3 rings (SSSR count). The number of halogens is 1. The fourth-order valence-corrected chi connectivity index (χ4v) is 2.76. The first-order chi connectivity index (χ1) is 14.5. The van der Waals surface area contributed by atoms with E-state index in [1.54, 1.807) is 31.4 Å². The molecule has 2 aromatic carbocycles. The number of hydrogen-bond acceptors (Lipinski definition) is 4. The summed E-state index contributed by atoms with van der Waals surface area (Å²) in [6.45, 7) is 4.01. The number of methoxy groups -OCH3 is 1. The number of rotatable bonds is 6. The summed E-state index contributed by atoms with van der Waals surface area (Å²) in [4.78, 5) is 17.3. The molecule has 30 heavy (non-hydrogen) atoms. The lowest BCUT2D eigenvalue weighted by molar-refractivity contribution is 0.0976. The summed E-state index contributed by atoms with van der Waals surface area (Å²) < 4.78 is 5.19. The zero-order valence-corrected chi connectivity index (χ0v) is 17.8. The number of aliphatic imine (C=N–C) groups is 1. The molecule has 0 bridgehead atoms. The van der Waals surface area contributed by atoms with E-state index in [9.17, 15) is 4.79 Å². The van der Waals surface area contributed by atoms with Crippen molar-refractivity contribution in [3.63, 3.8) is 0 Å². The number of guanidine groups is 1. The Balaban J connectivity index is 1.78. The first-order valence-corrected chi connectivity index (χ1v) is 9.98. The second kappa shape index (κ2) is 9.93. The van der Waals surface area contributed by atoms with E-state index < -0.39 is 0 Å². The number of amides is 1. The van der Waals surface area contributed by atoms with Gasteiger partial charge in [-0.3, -0.25) is 15.2 Å². The summed E-state index contributed by atoms with van der Waals surface area (Å²) in [5.41, 5.74) is 2.23. The predicted octanol–water partition coefficient (Wildman–Crippen LogP) is 4.74. The SMILES string of the molecule is CCC(C)N=C(NC(=O)c1cccc(OC)c1)Nc1cc(-c2ccc(Cl)cc2)[nH]n1. The fourth-order valence-electron chi connectivity index (χ4n) is 2.64. The molecule has 3 aromatic rings. The second-order valence-electron chi connectivity index (χ2n) is 6.72. The summed E-state index contributed by atoms with van der Waals surface area (Å²) in [5, 5.41) is 13.8. The zero-order chi connectivity index (χ0) is 21.5. The van der Waals surface area contributed by atoms with Crippen LogP contribution >= 0.6 is 11.6 Å². The minimum absolute atomic E-state index is 0.0211. The van der Waals surface area contributed by atoms with Crippen LogP contribution in [0.5, 0.6) is 5.75 Å². The largest absolute Gasteiger partial charge is 0.497 e. The summed E-state index contributed by atoms with van der Waals surface area (Å²) in [6.07, 6.45) is 0.830. The smallest absolute Gasteiger partial charge is 0.258 e. The minimum atomic E-state index is -0.295. The maximum absolute atomic E-state index is 12.7. The number of hydrogen-bond donors (Lipinski definition) is 3. The van der Waals surface area contributed by atoms with E-state index in [-0.39, 0.29) is 11.9 Å². The van der Waals surface area contributed by atoms with Crippen LogP contribution in [0.15, 0.2) is 59.6 Å². The zero-order valence-electron chi connectivity index (χ0n) is 17.1. The molecule has 8 heteroatoms. The van der Waals surface area contributed by atoms with Crippen LogP contribution in [-0.4, -0.2) is 35.2 Å². The van der Waals surface area contributed by atoms with Crippen LogP contribution in [0.25, 0.3) is 11.3 Å². The van der Waals surface area contributed by atoms with Crippen LogP contribution in [0.2, 0.25) is 5.02 Å². The van der Waals surface area contributed by atoms with E-state index in [4.69, 9.17) is 16.3 Å². The molecule has 0 saturated carbocycles. The Labute approximate surface area is 180 Å². The van der Waals surface area contributed by atoms with Crippen LogP contribution < -0.4 is 15.4 Å². The standard InChI is InChI=1S/C22H24ClN5O2/c1-4-14(2)24-22(26-21(29)16-6-5-7-18(12-16)30-3)25-20-13-19(27-28-20)15-8-10-17(23)11-9-15/h5-14H,4H2,1-3H3,(H3,24,25,26,27,28,29). The lowest BCUT2D eigenvalue weighted by atomic mass is 10.1. The van der Waals surface area contributed by atoms with Gasteiger partial charge in [0.25, 0.3) is 5.91 Å². The third-order valence-electron chi connectivity index (χ3n) is 4.48. The van der Waals surface area contributed by atoms with Crippen molar-refractivity contribution in [2.75, 3.05) is 12.4 Å². The normalized spacial score (nSPS) is 12.3. The van der Waals surface area contributed by atoms with Gasteiger partial charge in [0.2, 0.25) is 5.96 Å². The van der Waals surface area contributed by atoms with Crippen molar-refractivity contribution in [2.45, 2.75) is 26.3 Å². The molecule has 0 aliphatic heterocycles. The molecule has 0 radical (unpaired) electrons. The predicted molar refractivity (Wildman–Crippen MR) is 120 cm³/mol. The Morgan fingerprint density at radius 1 is 1.23 bits per heavy atom. The van der Waals surface area contributed by atoms with Crippen molar-refractivity contribution in [2.24, 2.45) is 4.99 Å². The van der Waals surface area contributed by atoms with Crippen molar-refractivity contribution >= 4 is 29.3 Å². The minimum Gasteiger partial charge on any atom is -0.497 e. The first kappa shape index (κ1) is 21.4. The average molecular weight is 426 g/mol. The van der Waals surface area contributed by atoms with Gasteiger partial charge in [-0.15, -0.1) is 0 Å². The topological polar surface area (TPSA) is 91.4 Å².